The number of fused-ring (bicyclic) bond motifs is 3. The molecule has 0 aliphatic carbocycles. The number of nitriles is 1. The van der Waals surface area contributed by atoms with Crippen LogP contribution in [0.1, 0.15) is 17.0 Å². The van der Waals surface area contributed by atoms with Gasteiger partial charge < -0.3 is 4.74 Å². The van der Waals surface area contributed by atoms with E-state index in [0.717, 1.165) is 44.7 Å². The van der Waals surface area contributed by atoms with Crippen molar-refractivity contribution in [3.63, 3.8) is 0 Å². The van der Waals surface area contributed by atoms with Crippen molar-refractivity contribution in [1.82, 2.24) is 19.3 Å². The molecule has 37 heavy (non-hydrogen) atoms. The highest BCUT2D eigenvalue weighted by Gasteiger charge is 2.18. The van der Waals surface area contributed by atoms with Crippen LogP contribution in [0.15, 0.2) is 85.1 Å². The second kappa shape index (κ2) is 8.67. The Bertz CT molecular complexity index is 1900. The van der Waals surface area contributed by atoms with Crippen LogP contribution in [0.2, 0.25) is 0 Å². The van der Waals surface area contributed by atoms with E-state index >= 15 is 0 Å². The molecule has 0 saturated heterocycles. The lowest BCUT2D eigenvalue weighted by Crippen LogP contribution is -1.99. The zero-order valence-electron chi connectivity index (χ0n) is 20.2. The van der Waals surface area contributed by atoms with Crippen LogP contribution in [0.3, 0.4) is 0 Å². The molecule has 176 valence electrons. The van der Waals surface area contributed by atoms with Crippen molar-refractivity contribution in [2.45, 2.75) is 13.8 Å². The summed E-state index contributed by atoms with van der Waals surface area (Å²) in [5, 5.41) is 15.8. The number of aryl methyl sites for hydroxylation is 2. The van der Waals surface area contributed by atoms with Crippen LogP contribution in [0.5, 0.6) is 11.5 Å². The van der Waals surface area contributed by atoms with Gasteiger partial charge >= 0.3 is 0 Å². The number of benzene rings is 3. The molecule has 0 radical (unpaired) electrons. The van der Waals surface area contributed by atoms with Gasteiger partial charge in [-0.3, -0.25) is 4.57 Å². The maximum atomic E-state index is 9.48. The van der Waals surface area contributed by atoms with E-state index in [1.54, 1.807) is 12.3 Å². The maximum absolute atomic E-state index is 9.48. The predicted molar refractivity (Wildman–Crippen MR) is 143 cm³/mol. The topological polar surface area (TPSA) is 73.0 Å². The Morgan fingerprint density at radius 1 is 0.919 bits per heavy atom. The molecule has 3 aromatic carbocycles. The first kappa shape index (κ1) is 22.1. The van der Waals surface area contributed by atoms with Gasteiger partial charge in [0, 0.05) is 23.3 Å². The smallest absolute Gasteiger partial charge is 0.229 e. The standard InChI is InChI=1S/C30H20N6O/c1-19-13-20(2)36(34-19)22-7-6-8-23(15-22)37-29-17-28-25(16-26(29)32-3)24-14-21(18-31)10-11-27(24)35(28)30-9-4-5-12-33-30/h4-17H,1-2H3. The van der Waals surface area contributed by atoms with Crippen molar-refractivity contribution >= 4 is 27.5 Å². The summed E-state index contributed by atoms with van der Waals surface area (Å²) in [4.78, 5) is 8.33. The molecule has 7 nitrogen and oxygen atoms in total. The van der Waals surface area contributed by atoms with Crippen LogP contribution in [-0.4, -0.2) is 19.3 Å². The molecule has 0 bridgehead atoms. The summed E-state index contributed by atoms with van der Waals surface area (Å²) in [5.74, 6) is 1.77. The fourth-order valence-electron chi connectivity index (χ4n) is 4.70. The normalized spacial score (nSPS) is 10.9. The minimum Gasteiger partial charge on any atom is -0.468 e. The second-order valence-corrected chi connectivity index (χ2v) is 8.75. The number of hydrogen-bond acceptors (Lipinski definition) is 4. The Balaban J connectivity index is 1.54. The first-order chi connectivity index (χ1) is 18.1. The van der Waals surface area contributed by atoms with Crippen molar-refractivity contribution in [3.05, 3.63) is 113 Å². The third-order valence-electron chi connectivity index (χ3n) is 6.27. The van der Waals surface area contributed by atoms with Gasteiger partial charge in [-0.15, -0.1) is 0 Å². The molecule has 6 rings (SSSR count). The molecule has 0 unspecified atom stereocenters. The predicted octanol–water partition coefficient (Wildman–Crippen LogP) is 7.20. The summed E-state index contributed by atoms with van der Waals surface area (Å²) in [6.45, 7) is 11.8. The molecule has 6 aromatic rings. The van der Waals surface area contributed by atoms with Crippen molar-refractivity contribution < 1.29 is 4.74 Å². The summed E-state index contributed by atoms with van der Waals surface area (Å²) in [5.41, 5.74) is 5.50. The van der Waals surface area contributed by atoms with E-state index in [1.165, 1.54) is 0 Å². The van der Waals surface area contributed by atoms with E-state index in [0.29, 0.717) is 22.7 Å². The second-order valence-electron chi connectivity index (χ2n) is 8.75. The fraction of sp³-hybridized carbons (Fsp3) is 0.0667. The molecule has 0 N–H and O–H groups in total. The van der Waals surface area contributed by atoms with Gasteiger partial charge in [0.25, 0.3) is 0 Å². The van der Waals surface area contributed by atoms with Gasteiger partial charge in [0.1, 0.15) is 17.3 Å². The molecular formula is C30H20N6O. The third-order valence-corrected chi connectivity index (χ3v) is 6.27. The molecule has 7 heteroatoms. The van der Waals surface area contributed by atoms with Crippen molar-refractivity contribution in [2.75, 3.05) is 0 Å². The zero-order chi connectivity index (χ0) is 25.5. The van der Waals surface area contributed by atoms with Crippen LogP contribution in [0.4, 0.5) is 5.69 Å². The SMILES string of the molecule is [C-]#[N+]c1cc2c3cc(C#N)ccc3n(-c3ccccn3)c2cc1Oc1cccc(-n2nc(C)cc2C)c1. The lowest BCUT2D eigenvalue weighted by Gasteiger charge is -2.12. The highest BCUT2D eigenvalue weighted by molar-refractivity contribution is 6.11. The summed E-state index contributed by atoms with van der Waals surface area (Å²) in [6.07, 6.45) is 1.74. The van der Waals surface area contributed by atoms with E-state index in [4.69, 9.17) is 11.3 Å². The molecule has 0 amide bonds. The van der Waals surface area contributed by atoms with Gasteiger partial charge in [-0.2, -0.15) is 10.4 Å². The minimum atomic E-state index is 0.381. The van der Waals surface area contributed by atoms with Gasteiger partial charge in [0.05, 0.1) is 40.6 Å². The Labute approximate surface area is 213 Å². The number of hydrogen-bond donors (Lipinski definition) is 0. The van der Waals surface area contributed by atoms with E-state index in [1.807, 2.05) is 95.9 Å². The van der Waals surface area contributed by atoms with Gasteiger partial charge in [-0.25, -0.2) is 14.5 Å². The van der Waals surface area contributed by atoms with Crippen molar-refractivity contribution in [1.29, 1.82) is 5.26 Å². The molecule has 3 heterocycles. The number of rotatable bonds is 4. The molecule has 0 aliphatic heterocycles. The van der Waals surface area contributed by atoms with Crippen molar-refractivity contribution in [3.8, 4) is 29.1 Å². The van der Waals surface area contributed by atoms with Gasteiger partial charge in [-0.1, -0.05) is 12.1 Å². The Kier molecular flexibility index (Phi) is 5.18. The average Bonchev–Trinajstić information content (AvgIpc) is 3.43. The van der Waals surface area contributed by atoms with E-state index in [-0.39, 0.29) is 0 Å². The fourth-order valence-corrected chi connectivity index (χ4v) is 4.70. The van der Waals surface area contributed by atoms with Gasteiger partial charge in [-0.05, 0) is 79.9 Å². The molecular weight excluding hydrogens is 460 g/mol. The number of ether oxygens (including phenoxy) is 1. The van der Waals surface area contributed by atoms with Crippen LogP contribution < -0.4 is 4.74 Å². The lowest BCUT2D eigenvalue weighted by atomic mass is 10.1. The van der Waals surface area contributed by atoms with Crippen molar-refractivity contribution in [2.24, 2.45) is 0 Å². The molecule has 0 aliphatic rings. The highest BCUT2D eigenvalue weighted by Crippen LogP contribution is 2.41. The van der Waals surface area contributed by atoms with E-state index in [9.17, 15) is 5.26 Å². The van der Waals surface area contributed by atoms with Crippen LogP contribution in [0.25, 0.3) is 38.2 Å². The van der Waals surface area contributed by atoms with Crippen LogP contribution >= 0.6 is 0 Å². The lowest BCUT2D eigenvalue weighted by molar-refractivity contribution is 0.485. The zero-order valence-corrected chi connectivity index (χ0v) is 20.2. The summed E-state index contributed by atoms with van der Waals surface area (Å²) in [7, 11) is 0. The summed E-state index contributed by atoms with van der Waals surface area (Å²) >= 11 is 0. The summed E-state index contributed by atoms with van der Waals surface area (Å²) < 4.78 is 10.2. The minimum absolute atomic E-state index is 0.381. The number of pyridine rings is 1. The van der Waals surface area contributed by atoms with Crippen LogP contribution in [0, 0.1) is 31.8 Å². The third kappa shape index (κ3) is 3.76. The number of aromatic nitrogens is 4. The molecule has 3 aromatic heterocycles. The Morgan fingerprint density at radius 3 is 2.51 bits per heavy atom. The Hall–Kier alpha value is -5.40. The molecule has 0 saturated carbocycles. The highest BCUT2D eigenvalue weighted by atomic mass is 16.5. The monoisotopic (exact) mass is 480 g/mol. The first-order valence-corrected chi connectivity index (χ1v) is 11.7. The van der Waals surface area contributed by atoms with Crippen LogP contribution in [-0.2, 0) is 0 Å². The molecule has 0 atom stereocenters. The molecule has 0 fully saturated rings. The molecule has 0 spiro atoms. The average molecular weight is 481 g/mol. The summed E-state index contributed by atoms with van der Waals surface area (Å²) in [6, 6.07) is 26.9. The Morgan fingerprint density at radius 2 is 1.78 bits per heavy atom. The maximum Gasteiger partial charge on any atom is 0.229 e. The first-order valence-electron chi connectivity index (χ1n) is 11.7. The van der Waals surface area contributed by atoms with Gasteiger partial charge in [0.15, 0.2) is 0 Å². The largest absolute Gasteiger partial charge is 0.468 e. The quantitative estimate of drug-likeness (QED) is 0.250. The van der Waals surface area contributed by atoms with E-state index in [2.05, 4.69) is 21.0 Å². The van der Waals surface area contributed by atoms with E-state index < -0.39 is 0 Å². The number of nitrogens with zero attached hydrogens (tertiary/aromatic N) is 6. The van der Waals surface area contributed by atoms with Gasteiger partial charge in [0.2, 0.25) is 5.69 Å².